The third-order valence-electron chi connectivity index (χ3n) is 8.29. The summed E-state index contributed by atoms with van der Waals surface area (Å²) in [4.78, 5) is 65.2. The number of H-pyrrole nitrogens is 1. The third kappa shape index (κ3) is 8.20. The summed E-state index contributed by atoms with van der Waals surface area (Å²) in [6.07, 6.45) is 3.32. The van der Waals surface area contributed by atoms with E-state index in [-0.39, 0.29) is 49.2 Å². The number of hydrogen-bond donors (Lipinski definition) is 4. The number of nitrogens with zero attached hydrogens (tertiary/aromatic N) is 3. The molecule has 0 unspecified atom stereocenters. The Kier molecular flexibility index (Phi) is 10.3. The van der Waals surface area contributed by atoms with E-state index < -0.39 is 29.9 Å². The van der Waals surface area contributed by atoms with Crippen molar-refractivity contribution in [2.24, 2.45) is 5.92 Å². The molecule has 3 aromatic rings. The second-order valence-corrected chi connectivity index (χ2v) is 11.8. The predicted octanol–water partition coefficient (Wildman–Crippen LogP) is 1.90. The fourth-order valence-corrected chi connectivity index (χ4v) is 5.55. The first-order valence-electron chi connectivity index (χ1n) is 15.5. The molecule has 0 spiro atoms. The average molecular weight is 616 g/mol. The van der Waals surface area contributed by atoms with Crippen LogP contribution in [-0.4, -0.2) is 89.4 Å². The molecule has 4 N–H and O–H groups in total. The van der Waals surface area contributed by atoms with Crippen molar-refractivity contribution >= 4 is 29.3 Å². The fourth-order valence-electron chi connectivity index (χ4n) is 5.55. The van der Waals surface area contributed by atoms with Crippen LogP contribution in [-0.2, 0) is 20.8 Å². The lowest BCUT2D eigenvalue weighted by Crippen LogP contribution is -2.55. The van der Waals surface area contributed by atoms with Crippen LogP contribution < -0.4 is 25.6 Å². The van der Waals surface area contributed by atoms with E-state index in [2.05, 4.69) is 30.8 Å². The number of aromatic amines is 1. The molecular formula is C33H41N7O5. The highest BCUT2D eigenvalue weighted by Crippen LogP contribution is 2.21. The molecule has 2 aromatic carbocycles. The van der Waals surface area contributed by atoms with E-state index >= 15 is 0 Å². The van der Waals surface area contributed by atoms with Gasteiger partial charge in [0.15, 0.2) is 0 Å². The smallest absolute Gasteiger partial charge is 0.255 e. The summed E-state index contributed by atoms with van der Waals surface area (Å²) in [6, 6.07) is 14.6. The first kappa shape index (κ1) is 31.6. The average Bonchev–Trinajstić information content (AvgIpc) is 3.57. The number of rotatable bonds is 5. The normalized spacial score (nSPS) is 21.8. The SMILES string of the molecule is CC(C)[C@@H]1COc2ccccc2C(=O)N[C@H](C(=O)N2CCN(c3ccccc3)CC2)CCC(=O)N[C@@H](Cc2cnc[nH]2)C(=O)N1. The van der Waals surface area contributed by atoms with Gasteiger partial charge in [0.2, 0.25) is 17.7 Å². The van der Waals surface area contributed by atoms with Crippen molar-refractivity contribution in [3.63, 3.8) is 0 Å². The van der Waals surface area contributed by atoms with Gasteiger partial charge in [0.05, 0.1) is 17.9 Å². The van der Waals surface area contributed by atoms with Gasteiger partial charge in [-0.25, -0.2) is 4.98 Å². The Labute approximate surface area is 262 Å². The minimum absolute atomic E-state index is 0.00140. The van der Waals surface area contributed by atoms with Crippen LogP contribution >= 0.6 is 0 Å². The van der Waals surface area contributed by atoms with Gasteiger partial charge in [-0.3, -0.25) is 19.2 Å². The Morgan fingerprint density at radius 1 is 0.956 bits per heavy atom. The largest absolute Gasteiger partial charge is 0.491 e. The van der Waals surface area contributed by atoms with Crippen LogP contribution in [0.5, 0.6) is 5.75 Å². The third-order valence-corrected chi connectivity index (χ3v) is 8.29. The Balaban J connectivity index is 1.37. The van der Waals surface area contributed by atoms with Crippen LogP contribution in [0.3, 0.4) is 0 Å². The Bertz CT molecular complexity index is 1460. The van der Waals surface area contributed by atoms with E-state index in [1.807, 2.05) is 44.2 Å². The van der Waals surface area contributed by atoms with E-state index in [9.17, 15) is 19.2 Å². The van der Waals surface area contributed by atoms with Crippen LogP contribution in [0.2, 0.25) is 0 Å². The molecule has 1 saturated heterocycles. The highest BCUT2D eigenvalue weighted by atomic mass is 16.5. The molecule has 0 radical (unpaired) electrons. The van der Waals surface area contributed by atoms with Crippen LogP contribution in [0.1, 0.15) is 42.7 Å². The molecule has 1 aromatic heterocycles. The number of aromatic nitrogens is 2. The molecule has 0 aliphatic carbocycles. The lowest BCUT2D eigenvalue weighted by molar-refractivity contribution is -0.134. The number of anilines is 1. The number of benzene rings is 2. The fraction of sp³-hybridized carbons (Fsp3) is 0.424. The number of nitrogens with one attached hydrogen (secondary N) is 4. The van der Waals surface area contributed by atoms with E-state index in [4.69, 9.17) is 4.74 Å². The van der Waals surface area contributed by atoms with Crippen molar-refractivity contribution in [2.45, 2.75) is 51.2 Å². The summed E-state index contributed by atoms with van der Waals surface area (Å²) >= 11 is 0. The summed E-state index contributed by atoms with van der Waals surface area (Å²) in [5.74, 6) is -1.14. The summed E-state index contributed by atoms with van der Waals surface area (Å²) in [5, 5.41) is 8.75. The molecule has 0 bridgehead atoms. The number of imidazole rings is 1. The summed E-state index contributed by atoms with van der Waals surface area (Å²) in [5.41, 5.74) is 2.05. The van der Waals surface area contributed by atoms with Gasteiger partial charge in [-0.2, -0.15) is 0 Å². The number of carbonyl (C=O) groups is 4. The van der Waals surface area contributed by atoms with Crippen LogP contribution in [0, 0.1) is 5.92 Å². The van der Waals surface area contributed by atoms with E-state index in [0.717, 1.165) is 5.69 Å². The molecule has 5 rings (SSSR count). The summed E-state index contributed by atoms with van der Waals surface area (Å²) < 4.78 is 6.10. The van der Waals surface area contributed by atoms with Crippen molar-refractivity contribution in [1.29, 1.82) is 0 Å². The molecule has 12 nitrogen and oxygen atoms in total. The zero-order chi connectivity index (χ0) is 31.8. The monoisotopic (exact) mass is 615 g/mol. The number of carbonyl (C=O) groups excluding carboxylic acids is 4. The van der Waals surface area contributed by atoms with E-state index in [1.165, 1.54) is 6.33 Å². The quantitative estimate of drug-likeness (QED) is 0.343. The Morgan fingerprint density at radius 2 is 1.69 bits per heavy atom. The topological polar surface area (TPSA) is 149 Å². The zero-order valence-electron chi connectivity index (χ0n) is 25.7. The van der Waals surface area contributed by atoms with Crippen molar-refractivity contribution in [3.05, 3.63) is 78.4 Å². The van der Waals surface area contributed by atoms with Gasteiger partial charge >= 0.3 is 0 Å². The highest BCUT2D eigenvalue weighted by molar-refractivity contribution is 6.00. The number of ether oxygens (including phenoxy) is 1. The van der Waals surface area contributed by atoms with Crippen LogP contribution in [0.25, 0.3) is 0 Å². The lowest BCUT2D eigenvalue weighted by Gasteiger charge is -2.37. The minimum Gasteiger partial charge on any atom is -0.491 e. The molecule has 12 heteroatoms. The van der Waals surface area contributed by atoms with Gasteiger partial charge in [0.1, 0.15) is 24.4 Å². The number of amides is 4. The summed E-state index contributed by atoms with van der Waals surface area (Å²) in [6.45, 7) is 6.28. The zero-order valence-corrected chi connectivity index (χ0v) is 25.7. The second kappa shape index (κ2) is 14.7. The highest BCUT2D eigenvalue weighted by Gasteiger charge is 2.32. The van der Waals surface area contributed by atoms with Crippen molar-refractivity contribution < 1.29 is 23.9 Å². The molecular weight excluding hydrogens is 574 g/mol. The maximum atomic E-state index is 13.9. The Hall–Kier alpha value is -4.87. The van der Waals surface area contributed by atoms with E-state index in [1.54, 1.807) is 35.4 Å². The van der Waals surface area contributed by atoms with Gasteiger partial charge in [-0.15, -0.1) is 0 Å². The van der Waals surface area contributed by atoms with Gasteiger partial charge in [-0.05, 0) is 36.6 Å². The van der Waals surface area contributed by atoms with E-state index in [0.29, 0.717) is 37.6 Å². The van der Waals surface area contributed by atoms with Crippen molar-refractivity contribution in [2.75, 3.05) is 37.7 Å². The molecule has 1 fully saturated rings. The van der Waals surface area contributed by atoms with Crippen LogP contribution in [0.15, 0.2) is 67.1 Å². The maximum absolute atomic E-state index is 13.9. The first-order valence-corrected chi connectivity index (χ1v) is 15.5. The number of piperazine rings is 1. The maximum Gasteiger partial charge on any atom is 0.255 e. The summed E-state index contributed by atoms with van der Waals surface area (Å²) in [7, 11) is 0. The standard InChI is InChI=1S/C33H41N7O5/c1-22(2)28-20-45-29-11-7-6-10-25(29)31(42)37-26(33(44)40-16-14-39(15-17-40)24-8-4-3-5-9-24)12-13-30(41)36-27(32(43)38-28)18-23-19-34-21-35-23/h3-11,19,21-22,26-28H,12-18,20H2,1-2H3,(H,34,35)(H,36,41)(H,37,42)(H,38,43)/t26-,27-,28-/m0/s1. The Morgan fingerprint density at radius 3 is 2.40 bits per heavy atom. The minimum atomic E-state index is -0.951. The van der Waals surface area contributed by atoms with Crippen molar-refractivity contribution in [1.82, 2.24) is 30.8 Å². The molecule has 45 heavy (non-hydrogen) atoms. The van der Waals surface area contributed by atoms with Gasteiger partial charge < -0.3 is 35.5 Å². The second-order valence-electron chi connectivity index (χ2n) is 11.8. The molecule has 0 saturated carbocycles. The van der Waals surface area contributed by atoms with Crippen molar-refractivity contribution in [3.8, 4) is 5.75 Å². The van der Waals surface area contributed by atoms with Crippen LogP contribution in [0.4, 0.5) is 5.69 Å². The predicted molar refractivity (Wildman–Crippen MR) is 169 cm³/mol. The molecule has 2 aliphatic heterocycles. The van der Waals surface area contributed by atoms with Gasteiger partial charge in [0.25, 0.3) is 5.91 Å². The molecule has 3 heterocycles. The number of hydrogen-bond acceptors (Lipinski definition) is 7. The van der Waals surface area contributed by atoms with Gasteiger partial charge in [0, 0.05) is 56.6 Å². The van der Waals surface area contributed by atoms with Gasteiger partial charge in [-0.1, -0.05) is 44.2 Å². The molecule has 4 amide bonds. The molecule has 3 atom stereocenters. The molecule has 238 valence electrons. The number of fused-ring (bicyclic) bond motifs is 1. The molecule has 2 aliphatic rings. The lowest BCUT2D eigenvalue weighted by atomic mass is 10.0. The first-order chi connectivity index (χ1) is 21.8. The number of para-hydroxylation sites is 2.